The first-order valence-electron chi connectivity index (χ1n) is 27.3. The van der Waals surface area contributed by atoms with Gasteiger partial charge < -0.3 is 10.0 Å². The van der Waals surface area contributed by atoms with Gasteiger partial charge in [0.2, 0.25) is 0 Å². The SMILES string of the molecule is Brc1cccc(-c2nc(-c3ccccc3)nc(-c3ccccc3)n2)c1.C.CC1(C)c2ccccc2-c2cc(-c3cccc(-c4nc(-c5ccccc5)nc(-c5ccccc5)n4)c3)ccc21.CC1(C)c2ccccc2-c2cc(B(O)O)ccc21. The first-order chi connectivity index (χ1) is 39.9. The predicted octanol–water partition coefficient (Wildman–Crippen LogP) is 16.8. The molecule has 0 saturated carbocycles. The second-order valence-electron chi connectivity index (χ2n) is 21.4. The van der Waals surface area contributed by atoms with Gasteiger partial charge >= 0.3 is 7.12 Å². The van der Waals surface area contributed by atoms with Gasteiger partial charge in [-0.05, 0) is 85.4 Å². The third-order valence-electron chi connectivity index (χ3n) is 15.4. The molecule has 0 atom stereocenters. The van der Waals surface area contributed by atoms with Crippen LogP contribution < -0.4 is 5.46 Å². The Bertz CT molecular complexity index is 4160. The van der Waals surface area contributed by atoms with Crippen molar-refractivity contribution in [1.29, 1.82) is 0 Å². The molecule has 12 aromatic rings. The molecule has 0 radical (unpaired) electrons. The number of rotatable bonds is 8. The van der Waals surface area contributed by atoms with E-state index >= 15 is 0 Å². The molecule has 83 heavy (non-hydrogen) atoms. The third-order valence-corrected chi connectivity index (χ3v) is 15.9. The summed E-state index contributed by atoms with van der Waals surface area (Å²) in [6.45, 7) is 9.03. The minimum Gasteiger partial charge on any atom is -0.423 e. The van der Waals surface area contributed by atoms with Crippen LogP contribution in [0.25, 0.3) is 102 Å². The summed E-state index contributed by atoms with van der Waals surface area (Å²) in [5.41, 5.74) is 18.9. The molecular weight excluding hydrogens is 1080 g/mol. The van der Waals surface area contributed by atoms with Gasteiger partial charge in [-0.2, -0.15) is 0 Å². The van der Waals surface area contributed by atoms with Gasteiger partial charge in [-0.15, -0.1) is 0 Å². The van der Waals surface area contributed by atoms with E-state index in [0.29, 0.717) is 40.4 Å². The Balaban J connectivity index is 0.000000141. The van der Waals surface area contributed by atoms with E-state index in [-0.39, 0.29) is 18.3 Å². The van der Waals surface area contributed by atoms with Crippen LogP contribution >= 0.6 is 15.9 Å². The molecule has 2 aliphatic carbocycles. The van der Waals surface area contributed by atoms with E-state index in [4.69, 9.17) is 24.9 Å². The Kier molecular flexibility index (Phi) is 15.8. The number of hydrogen-bond acceptors (Lipinski definition) is 8. The Labute approximate surface area is 494 Å². The maximum Gasteiger partial charge on any atom is 0.488 e. The molecule has 2 aliphatic rings. The number of fused-ring (bicyclic) bond motifs is 6. The summed E-state index contributed by atoms with van der Waals surface area (Å²) in [4.78, 5) is 28.8. The smallest absolute Gasteiger partial charge is 0.423 e. The highest BCUT2D eigenvalue weighted by atomic mass is 79.9. The van der Waals surface area contributed by atoms with Crippen LogP contribution in [0.1, 0.15) is 57.4 Å². The van der Waals surface area contributed by atoms with Crippen LogP contribution in [0.3, 0.4) is 0 Å². The van der Waals surface area contributed by atoms with Crippen LogP contribution in [-0.2, 0) is 10.8 Å². The average molecular weight is 1140 g/mol. The lowest BCUT2D eigenvalue weighted by atomic mass is 9.77. The van der Waals surface area contributed by atoms with Crippen molar-refractivity contribution < 1.29 is 10.0 Å². The zero-order chi connectivity index (χ0) is 56.4. The zero-order valence-electron chi connectivity index (χ0n) is 45.8. The second kappa shape index (κ2) is 23.6. The maximum atomic E-state index is 9.29. The highest BCUT2D eigenvalue weighted by Crippen LogP contribution is 2.50. The van der Waals surface area contributed by atoms with Gasteiger partial charge in [-0.3, -0.25) is 0 Å². The van der Waals surface area contributed by atoms with E-state index in [1.165, 1.54) is 44.5 Å². The molecule has 0 bridgehead atoms. The molecular formula is C73H60BBrN6O2. The van der Waals surface area contributed by atoms with Crippen molar-refractivity contribution in [3.63, 3.8) is 0 Å². The lowest BCUT2D eigenvalue weighted by Crippen LogP contribution is -2.30. The van der Waals surface area contributed by atoms with Crippen LogP contribution in [0.4, 0.5) is 0 Å². The zero-order valence-corrected chi connectivity index (χ0v) is 47.4. The molecule has 0 saturated heterocycles. The van der Waals surface area contributed by atoms with E-state index < -0.39 is 7.12 Å². The number of hydrogen-bond donors (Lipinski definition) is 2. The second-order valence-corrected chi connectivity index (χ2v) is 22.4. The molecule has 10 aromatic carbocycles. The summed E-state index contributed by atoms with van der Waals surface area (Å²) in [6, 6.07) is 86.2. The Morgan fingerprint density at radius 3 is 1.02 bits per heavy atom. The summed E-state index contributed by atoms with van der Waals surface area (Å²) >= 11 is 3.52. The molecule has 0 amide bonds. The van der Waals surface area contributed by atoms with Gasteiger partial charge in [-0.1, -0.05) is 282 Å². The number of aromatic nitrogens is 6. The number of benzene rings is 10. The van der Waals surface area contributed by atoms with E-state index in [1.54, 1.807) is 6.07 Å². The number of halogens is 1. The van der Waals surface area contributed by atoms with Gasteiger partial charge in [0.1, 0.15) is 0 Å². The summed E-state index contributed by atoms with van der Waals surface area (Å²) < 4.78 is 0.993. The highest BCUT2D eigenvalue weighted by molar-refractivity contribution is 9.10. The third kappa shape index (κ3) is 11.4. The van der Waals surface area contributed by atoms with Gasteiger partial charge in [0.25, 0.3) is 0 Å². The van der Waals surface area contributed by atoms with Crippen molar-refractivity contribution in [2.45, 2.75) is 46.0 Å². The molecule has 2 heterocycles. The quantitative estimate of drug-likeness (QED) is 0.145. The fraction of sp³-hybridized carbons (Fsp3) is 0.0959. The molecule has 0 fully saturated rings. The predicted molar refractivity (Wildman–Crippen MR) is 344 cm³/mol. The largest absolute Gasteiger partial charge is 0.488 e. The summed E-state index contributed by atoms with van der Waals surface area (Å²) in [7, 11) is -1.41. The monoisotopic (exact) mass is 1140 g/mol. The molecule has 0 aliphatic heterocycles. The van der Waals surface area contributed by atoms with E-state index in [1.807, 2.05) is 170 Å². The van der Waals surface area contributed by atoms with Crippen molar-refractivity contribution in [2.24, 2.45) is 0 Å². The Hall–Kier alpha value is -9.32. The van der Waals surface area contributed by atoms with Crippen LogP contribution in [-0.4, -0.2) is 47.1 Å². The lowest BCUT2D eigenvalue weighted by Gasteiger charge is -2.21. The first kappa shape index (κ1) is 55.6. The number of nitrogens with zero attached hydrogens (tertiary/aromatic N) is 6. The molecule has 8 nitrogen and oxygen atoms in total. The molecule has 0 spiro atoms. The standard InChI is InChI=1S/C36H27N3.C21H14BrN3.C15H15BO2.CH4/c1-36(2)31-19-10-9-18-29(31)30-23-27(20-21-32(30)36)26-16-11-17-28(22-26)35-38-33(24-12-5-3-6-13-24)37-34(39-35)25-14-7-4-8-15-25;22-18-13-7-12-17(14-18)21-24-19(15-8-3-1-4-9-15)23-20(25-21)16-10-5-2-6-11-16;1-15(2)13-6-4-3-5-11(13)12-9-10(16(17)18)7-8-14(12)15;/h3-23H,1-2H3;1-14H;3-9,17-18H,1-2H3;1H4. The Morgan fingerprint density at radius 2 is 0.602 bits per heavy atom. The van der Waals surface area contributed by atoms with Crippen molar-refractivity contribution in [2.75, 3.05) is 0 Å². The van der Waals surface area contributed by atoms with Crippen LogP contribution in [0, 0.1) is 0 Å². The van der Waals surface area contributed by atoms with Gasteiger partial charge in [0, 0.05) is 48.7 Å². The molecule has 2 N–H and O–H groups in total. The lowest BCUT2D eigenvalue weighted by molar-refractivity contribution is 0.425. The minimum absolute atomic E-state index is 0. The minimum atomic E-state index is -1.41. The Morgan fingerprint density at radius 1 is 0.289 bits per heavy atom. The molecule has 14 rings (SSSR count). The maximum absolute atomic E-state index is 9.29. The van der Waals surface area contributed by atoms with Gasteiger partial charge in [0.05, 0.1) is 0 Å². The summed E-state index contributed by atoms with van der Waals surface area (Å²) in [5, 5.41) is 18.6. The van der Waals surface area contributed by atoms with Crippen LogP contribution in [0.15, 0.2) is 259 Å². The van der Waals surface area contributed by atoms with Crippen molar-refractivity contribution in [3.05, 3.63) is 282 Å². The van der Waals surface area contributed by atoms with E-state index in [9.17, 15) is 10.0 Å². The van der Waals surface area contributed by atoms with Crippen molar-refractivity contribution in [3.8, 4) is 102 Å². The molecule has 0 unspecified atom stereocenters. The molecule has 2 aromatic heterocycles. The van der Waals surface area contributed by atoms with Crippen molar-refractivity contribution in [1.82, 2.24) is 29.9 Å². The summed E-state index contributed by atoms with van der Waals surface area (Å²) in [6.07, 6.45) is 0. The summed E-state index contributed by atoms with van der Waals surface area (Å²) in [5.74, 6) is 4.00. The topological polar surface area (TPSA) is 118 Å². The van der Waals surface area contributed by atoms with Crippen LogP contribution in [0.5, 0.6) is 0 Å². The first-order valence-corrected chi connectivity index (χ1v) is 28.1. The average Bonchev–Trinajstić information content (AvgIpc) is 3.15. The van der Waals surface area contributed by atoms with Crippen LogP contribution in [0.2, 0.25) is 0 Å². The van der Waals surface area contributed by atoms with Crippen molar-refractivity contribution >= 4 is 28.5 Å². The fourth-order valence-electron chi connectivity index (χ4n) is 11.1. The highest BCUT2D eigenvalue weighted by Gasteiger charge is 2.36. The fourth-order valence-corrected chi connectivity index (χ4v) is 11.5. The van der Waals surface area contributed by atoms with E-state index in [0.717, 1.165) is 49.0 Å². The molecule has 404 valence electrons. The molecule has 10 heteroatoms. The normalized spacial score (nSPS) is 12.6. The van der Waals surface area contributed by atoms with Gasteiger partial charge in [-0.25, -0.2) is 29.9 Å². The van der Waals surface area contributed by atoms with E-state index in [2.05, 4.69) is 127 Å². The van der Waals surface area contributed by atoms with Gasteiger partial charge in [0.15, 0.2) is 34.9 Å².